The number of thiazole rings is 1. The van der Waals surface area contributed by atoms with Gasteiger partial charge in [-0.15, -0.1) is 11.3 Å². The summed E-state index contributed by atoms with van der Waals surface area (Å²) in [6.45, 7) is 2.42. The van der Waals surface area contributed by atoms with Crippen molar-refractivity contribution in [1.82, 2.24) is 9.97 Å². The van der Waals surface area contributed by atoms with E-state index < -0.39 is 5.91 Å². The predicted molar refractivity (Wildman–Crippen MR) is 71.3 cm³/mol. The largest absolute Gasteiger partial charge is 0.397 e. The molecule has 18 heavy (non-hydrogen) atoms. The number of nitrogens with two attached hydrogens (primary N) is 2. The van der Waals surface area contributed by atoms with Crippen LogP contribution >= 0.6 is 11.3 Å². The van der Waals surface area contributed by atoms with Crippen LogP contribution in [-0.2, 0) is 6.54 Å². The number of aromatic nitrogens is 2. The Bertz CT molecular complexity index is 581. The van der Waals surface area contributed by atoms with Gasteiger partial charge in [-0.2, -0.15) is 0 Å². The first-order valence-corrected chi connectivity index (χ1v) is 6.14. The number of anilines is 2. The van der Waals surface area contributed by atoms with Crippen molar-refractivity contribution in [2.45, 2.75) is 13.5 Å². The van der Waals surface area contributed by atoms with Crippen molar-refractivity contribution in [3.8, 4) is 0 Å². The van der Waals surface area contributed by atoms with Crippen LogP contribution in [-0.4, -0.2) is 15.9 Å². The standard InChI is InChI=1S/C11H13N5OS/c1-6-5-18-9(16-6)4-15-11-8(10(13)17)2-7(12)3-14-11/h2-3,5H,4,12H2,1H3,(H2,13,17)(H,14,15). The van der Waals surface area contributed by atoms with Crippen LogP contribution < -0.4 is 16.8 Å². The second-order valence-corrected chi connectivity index (χ2v) is 4.71. The molecule has 0 aliphatic carbocycles. The highest BCUT2D eigenvalue weighted by Gasteiger charge is 2.10. The lowest BCUT2D eigenvalue weighted by atomic mass is 10.2. The van der Waals surface area contributed by atoms with E-state index in [-0.39, 0.29) is 5.56 Å². The average molecular weight is 263 g/mol. The van der Waals surface area contributed by atoms with Crippen LogP contribution in [0.4, 0.5) is 11.5 Å². The van der Waals surface area contributed by atoms with E-state index in [9.17, 15) is 4.79 Å². The van der Waals surface area contributed by atoms with Crippen molar-refractivity contribution < 1.29 is 4.79 Å². The summed E-state index contributed by atoms with van der Waals surface area (Å²) in [5.41, 5.74) is 12.5. The Labute approximate surface area is 108 Å². The Morgan fingerprint density at radius 3 is 2.94 bits per heavy atom. The summed E-state index contributed by atoms with van der Waals surface area (Å²) in [6, 6.07) is 1.50. The smallest absolute Gasteiger partial charge is 0.252 e. The molecule has 0 radical (unpaired) electrons. The third kappa shape index (κ3) is 2.75. The van der Waals surface area contributed by atoms with Crippen molar-refractivity contribution in [2.24, 2.45) is 5.73 Å². The quantitative estimate of drug-likeness (QED) is 0.766. The zero-order valence-electron chi connectivity index (χ0n) is 9.80. The fourth-order valence-corrected chi connectivity index (χ4v) is 2.16. The van der Waals surface area contributed by atoms with E-state index in [2.05, 4.69) is 15.3 Å². The first-order valence-electron chi connectivity index (χ1n) is 5.26. The molecule has 0 fully saturated rings. The fraction of sp³-hybridized carbons (Fsp3) is 0.182. The van der Waals surface area contributed by atoms with Crippen LogP contribution in [0.1, 0.15) is 21.1 Å². The molecule has 2 rings (SSSR count). The third-order valence-corrected chi connectivity index (χ3v) is 3.21. The van der Waals surface area contributed by atoms with Crippen molar-refractivity contribution in [3.63, 3.8) is 0 Å². The molecule has 0 atom stereocenters. The van der Waals surface area contributed by atoms with Gasteiger partial charge in [0.2, 0.25) is 0 Å². The van der Waals surface area contributed by atoms with Gasteiger partial charge in [-0.05, 0) is 13.0 Å². The molecule has 0 aromatic carbocycles. The maximum atomic E-state index is 11.3. The molecule has 0 aliphatic heterocycles. The molecule has 0 bridgehead atoms. The maximum absolute atomic E-state index is 11.3. The Hall–Kier alpha value is -2.15. The molecule has 0 saturated heterocycles. The number of pyridine rings is 1. The number of nitrogen functional groups attached to an aromatic ring is 1. The molecule has 7 heteroatoms. The second kappa shape index (κ2) is 5.01. The van der Waals surface area contributed by atoms with Crippen molar-refractivity contribution in [1.29, 1.82) is 0 Å². The lowest BCUT2D eigenvalue weighted by Crippen LogP contribution is -2.16. The molecule has 2 heterocycles. The van der Waals surface area contributed by atoms with Gasteiger partial charge < -0.3 is 16.8 Å². The molecule has 0 saturated carbocycles. The summed E-state index contributed by atoms with van der Waals surface area (Å²) in [6.07, 6.45) is 1.47. The monoisotopic (exact) mass is 263 g/mol. The van der Waals surface area contributed by atoms with E-state index in [1.54, 1.807) is 11.3 Å². The van der Waals surface area contributed by atoms with Gasteiger partial charge in [0.15, 0.2) is 0 Å². The van der Waals surface area contributed by atoms with Crippen LogP contribution in [0, 0.1) is 6.92 Å². The van der Waals surface area contributed by atoms with Gasteiger partial charge in [0, 0.05) is 11.1 Å². The van der Waals surface area contributed by atoms with E-state index in [1.165, 1.54) is 12.3 Å². The fourth-order valence-electron chi connectivity index (χ4n) is 1.45. The Kier molecular flexibility index (Phi) is 3.42. The van der Waals surface area contributed by atoms with Gasteiger partial charge in [0.05, 0.1) is 24.0 Å². The predicted octanol–water partition coefficient (Wildman–Crippen LogP) is 1.14. The number of carbonyl (C=O) groups excluding carboxylic acids is 1. The first-order chi connectivity index (χ1) is 8.56. The van der Waals surface area contributed by atoms with Gasteiger partial charge in [-0.3, -0.25) is 4.79 Å². The summed E-state index contributed by atoms with van der Waals surface area (Å²) in [7, 11) is 0. The van der Waals surface area contributed by atoms with Gasteiger partial charge in [0.1, 0.15) is 10.8 Å². The minimum Gasteiger partial charge on any atom is -0.397 e. The summed E-state index contributed by atoms with van der Waals surface area (Å²) >= 11 is 1.54. The normalized spacial score (nSPS) is 10.3. The lowest BCUT2D eigenvalue weighted by Gasteiger charge is -2.08. The number of carbonyl (C=O) groups is 1. The van der Waals surface area contributed by atoms with E-state index in [0.29, 0.717) is 18.1 Å². The minimum atomic E-state index is -0.562. The van der Waals surface area contributed by atoms with Gasteiger partial charge in [-0.1, -0.05) is 0 Å². The highest BCUT2D eigenvalue weighted by atomic mass is 32.1. The molecule has 6 nitrogen and oxygen atoms in total. The number of hydrogen-bond donors (Lipinski definition) is 3. The van der Waals surface area contributed by atoms with E-state index >= 15 is 0 Å². The summed E-state index contributed by atoms with van der Waals surface area (Å²) < 4.78 is 0. The molecule has 2 aromatic rings. The number of nitrogens with one attached hydrogen (secondary N) is 1. The Morgan fingerprint density at radius 1 is 1.56 bits per heavy atom. The van der Waals surface area contributed by atoms with Gasteiger partial charge in [0.25, 0.3) is 5.91 Å². The number of hydrogen-bond acceptors (Lipinski definition) is 6. The van der Waals surface area contributed by atoms with Crippen LogP contribution in [0.2, 0.25) is 0 Å². The van der Waals surface area contributed by atoms with Crippen LogP contribution in [0.25, 0.3) is 0 Å². The van der Waals surface area contributed by atoms with Crippen LogP contribution in [0.15, 0.2) is 17.6 Å². The Balaban J connectivity index is 2.16. The van der Waals surface area contributed by atoms with Crippen LogP contribution in [0.5, 0.6) is 0 Å². The Morgan fingerprint density at radius 2 is 2.33 bits per heavy atom. The minimum absolute atomic E-state index is 0.281. The topological polar surface area (TPSA) is 107 Å². The summed E-state index contributed by atoms with van der Waals surface area (Å²) in [4.78, 5) is 19.6. The average Bonchev–Trinajstić information content (AvgIpc) is 2.73. The molecule has 1 amide bonds. The van der Waals surface area contributed by atoms with Gasteiger partial charge in [-0.25, -0.2) is 9.97 Å². The zero-order chi connectivity index (χ0) is 13.1. The molecular weight excluding hydrogens is 250 g/mol. The van der Waals surface area contributed by atoms with Crippen molar-refractivity contribution >= 4 is 28.7 Å². The van der Waals surface area contributed by atoms with E-state index in [1.807, 2.05) is 12.3 Å². The number of primary amides is 1. The molecular formula is C11H13N5OS. The number of aryl methyl sites for hydroxylation is 1. The number of rotatable bonds is 4. The van der Waals surface area contributed by atoms with E-state index in [0.717, 1.165) is 10.7 Å². The van der Waals surface area contributed by atoms with Crippen LogP contribution in [0.3, 0.4) is 0 Å². The van der Waals surface area contributed by atoms with E-state index in [4.69, 9.17) is 11.5 Å². The van der Waals surface area contributed by atoms with Gasteiger partial charge >= 0.3 is 0 Å². The molecule has 2 aromatic heterocycles. The SMILES string of the molecule is Cc1csc(CNc2ncc(N)cc2C(N)=O)n1. The van der Waals surface area contributed by atoms with Crippen molar-refractivity contribution in [3.05, 3.63) is 33.9 Å². The molecule has 0 unspecified atom stereocenters. The molecule has 5 N–H and O–H groups in total. The first kappa shape index (κ1) is 12.3. The number of nitrogens with zero attached hydrogens (tertiary/aromatic N) is 2. The summed E-state index contributed by atoms with van der Waals surface area (Å²) in [5.74, 6) is -0.142. The number of amides is 1. The molecule has 0 aliphatic rings. The third-order valence-electron chi connectivity index (χ3n) is 2.25. The molecule has 94 valence electrons. The summed E-state index contributed by atoms with van der Waals surface area (Å²) in [5, 5.41) is 5.91. The van der Waals surface area contributed by atoms with Crippen molar-refractivity contribution in [2.75, 3.05) is 11.1 Å². The lowest BCUT2D eigenvalue weighted by molar-refractivity contribution is 0.100. The highest BCUT2D eigenvalue weighted by molar-refractivity contribution is 7.09. The zero-order valence-corrected chi connectivity index (χ0v) is 10.6. The molecule has 0 spiro atoms. The highest BCUT2D eigenvalue weighted by Crippen LogP contribution is 2.17. The maximum Gasteiger partial charge on any atom is 0.252 e. The second-order valence-electron chi connectivity index (χ2n) is 3.77.